The van der Waals surface area contributed by atoms with Crippen molar-refractivity contribution in [1.29, 1.82) is 0 Å². The Hall–Kier alpha value is -0.470. The van der Waals surface area contributed by atoms with E-state index in [1.54, 1.807) is 0 Å². The number of hydrogen-bond acceptors (Lipinski definition) is 2. The van der Waals surface area contributed by atoms with Crippen LogP contribution in [0.3, 0.4) is 0 Å². The fourth-order valence-electron chi connectivity index (χ4n) is 3.10. The average molecular weight is 233 g/mol. The monoisotopic (exact) mass is 233 g/mol. The maximum Gasteiger partial charge on any atom is 0.0108 e. The first kappa shape index (κ1) is 10.7. The minimum Gasteiger partial charge on any atom is -0.299 e. The number of thioether (sulfide) groups is 1. The summed E-state index contributed by atoms with van der Waals surface area (Å²) in [5, 5.41) is 0. The van der Waals surface area contributed by atoms with Crippen molar-refractivity contribution in [2.45, 2.75) is 30.2 Å². The first-order chi connectivity index (χ1) is 7.92. The summed E-state index contributed by atoms with van der Waals surface area (Å²) in [6.45, 7) is 2.65. The Kier molecular flexibility index (Phi) is 3.20. The van der Waals surface area contributed by atoms with Crippen molar-refractivity contribution in [2.75, 3.05) is 18.8 Å². The molecule has 1 saturated heterocycles. The highest BCUT2D eigenvalue weighted by Gasteiger charge is 2.36. The number of likely N-dealkylation sites (tertiary alicyclic amines) is 1. The van der Waals surface area contributed by atoms with Crippen LogP contribution in [0.15, 0.2) is 35.2 Å². The number of hydrogen-bond donors (Lipinski definition) is 0. The van der Waals surface area contributed by atoms with Crippen LogP contribution < -0.4 is 0 Å². The summed E-state index contributed by atoms with van der Waals surface area (Å²) < 4.78 is 0. The van der Waals surface area contributed by atoms with Gasteiger partial charge in [0.15, 0.2) is 0 Å². The molecule has 1 heterocycles. The van der Waals surface area contributed by atoms with E-state index in [0.717, 1.165) is 12.0 Å². The number of rotatable bonds is 4. The fraction of sp³-hybridized carbons (Fsp3) is 0.571. The fourth-order valence-corrected chi connectivity index (χ4v) is 4.01. The van der Waals surface area contributed by atoms with Gasteiger partial charge < -0.3 is 0 Å². The molecule has 2 atom stereocenters. The lowest BCUT2D eigenvalue weighted by molar-refractivity contribution is 0.226. The zero-order valence-electron chi connectivity index (χ0n) is 9.64. The maximum absolute atomic E-state index is 2.71. The van der Waals surface area contributed by atoms with Crippen LogP contribution in [0.25, 0.3) is 0 Å². The molecule has 0 N–H and O–H groups in total. The van der Waals surface area contributed by atoms with E-state index < -0.39 is 0 Å². The Morgan fingerprint density at radius 3 is 2.75 bits per heavy atom. The third kappa shape index (κ3) is 2.28. The smallest absolute Gasteiger partial charge is 0.0108 e. The number of nitrogens with zero attached hydrogens (tertiary/aromatic N) is 1. The first-order valence-electron chi connectivity index (χ1n) is 6.34. The van der Waals surface area contributed by atoms with E-state index in [1.165, 1.54) is 43.0 Å². The molecule has 3 rings (SSSR count). The van der Waals surface area contributed by atoms with Crippen molar-refractivity contribution in [3.8, 4) is 0 Å². The molecule has 1 saturated carbocycles. The van der Waals surface area contributed by atoms with Gasteiger partial charge in [0, 0.05) is 29.8 Å². The molecule has 2 unspecified atom stereocenters. The molecular weight excluding hydrogens is 214 g/mol. The van der Waals surface area contributed by atoms with Crippen LogP contribution in [0.5, 0.6) is 0 Å². The van der Waals surface area contributed by atoms with Crippen molar-refractivity contribution in [3.05, 3.63) is 30.3 Å². The van der Waals surface area contributed by atoms with E-state index >= 15 is 0 Å². The maximum atomic E-state index is 2.71. The zero-order chi connectivity index (χ0) is 10.8. The van der Waals surface area contributed by atoms with Crippen LogP contribution in [-0.4, -0.2) is 29.8 Å². The van der Waals surface area contributed by atoms with Gasteiger partial charge in [0.2, 0.25) is 0 Å². The van der Waals surface area contributed by atoms with Gasteiger partial charge in [-0.3, -0.25) is 4.90 Å². The van der Waals surface area contributed by atoms with Gasteiger partial charge >= 0.3 is 0 Å². The normalized spacial score (nSPS) is 28.8. The molecule has 2 aliphatic rings. The molecule has 86 valence electrons. The number of piperidine rings is 1. The second kappa shape index (κ2) is 4.80. The summed E-state index contributed by atoms with van der Waals surface area (Å²) in [4.78, 5) is 4.12. The highest BCUT2D eigenvalue weighted by atomic mass is 32.2. The van der Waals surface area contributed by atoms with E-state index in [-0.39, 0.29) is 0 Å². The topological polar surface area (TPSA) is 3.24 Å². The molecule has 1 nitrogen and oxygen atoms in total. The summed E-state index contributed by atoms with van der Waals surface area (Å²) in [5.41, 5.74) is 0. The summed E-state index contributed by atoms with van der Waals surface area (Å²) in [5.74, 6) is 2.28. The molecule has 1 aliphatic heterocycles. The molecule has 1 aromatic carbocycles. The highest BCUT2D eigenvalue weighted by Crippen LogP contribution is 2.37. The predicted octanol–water partition coefficient (Wildman–Crippen LogP) is 3.26. The van der Waals surface area contributed by atoms with Crippen molar-refractivity contribution >= 4 is 11.8 Å². The van der Waals surface area contributed by atoms with Gasteiger partial charge in [-0.2, -0.15) is 0 Å². The van der Waals surface area contributed by atoms with E-state index in [4.69, 9.17) is 0 Å². The molecule has 1 aromatic rings. The van der Waals surface area contributed by atoms with Crippen LogP contribution >= 0.6 is 11.8 Å². The average Bonchev–Trinajstić information content (AvgIpc) is 2.92. The molecule has 0 aromatic heterocycles. The first-order valence-corrected chi connectivity index (χ1v) is 7.32. The molecule has 2 heteroatoms. The minimum absolute atomic E-state index is 0.932. The van der Waals surface area contributed by atoms with Crippen molar-refractivity contribution < 1.29 is 0 Å². The molecule has 2 fully saturated rings. The summed E-state index contributed by atoms with van der Waals surface area (Å²) >= 11 is 1.99. The van der Waals surface area contributed by atoms with Gasteiger partial charge in [-0.15, -0.1) is 11.8 Å². The second-order valence-electron chi connectivity index (χ2n) is 4.99. The molecule has 2 bridgehead atoms. The van der Waals surface area contributed by atoms with Crippen molar-refractivity contribution in [1.82, 2.24) is 4.90 Å². The SMILES string of the molecule is c1ccc(SCCN2CC3CCC2C3)cc1. The van der Waals surface area contributed by atoms with Gasteiger partial charge in [0.25, 0.3) is 0 Å². The molecule has 16 heavy (non-hydrogen) atoms. The van der Waals surface area contributed by atoms with E-state index in [0.29, 0.717) is 0 Å². The second-order valence-corrected chi connectivity index (χ2v) is 6.16. The highest BCUT2D eigenvalue weighted by molar-refractivity contribution is 7.99. The minimum atomic E-state index is 0.932. The van der Waals surface area contributed by atoms with Crippen LogP contribution in [0.2, 0.25) is 0 Å². The summed E-state index contributed by atoms with van der Waals surface area (Å²) in [6.07, 6.45) is 4.43. The quantitative estimate of drug-likeness (QED) is 0.734. The summed E-state index contributed by atoms with van der Waals surface area (Å²) in [7, 11) is 0. The van der Waals surface area contributed by atoms with E-state index in [1.807, 2.05) is 11.8 Å². The Morgan fingerprint density at radius 1 is 1.19 bits per heavy atom. The molecule has 1 aliphatic carbocycles. The number of fused-ring (bicyclic) bond motifs is 2. The standard InChI is InChI=1S/C14H19NS/c1-2-4-14(5-3-1)16-9-8-15-11-12-6-7-13(15)10-12/h1-5,12-13H,6-11H2. The Labute approximate surface area is 102 Å². The van der Waals surface area contributed by atoms with Crippen LogP contribution in [0, 0.1) is 5.92 Å². The molecule has 0 spiro atoms. The Balaban J connectivity index is 1.44. The lowest BCUT2D eigenvalue weighted by Crippen LogP contribution is -2.33. The third-order valence-corrected chi connectivity index (χ3v) is 4.91. The molecule has 0 radical (unpaired) electrons. The Morgan fingerprint density at radius 2 is 2.06 bits per heavy atom. The predicted molar refractivity (Wildman–Crippen MR) is 69.9 cm³/mol. The third-order valence-electron chi connectivity index (χ3n) is 3.91. The van der Waals surface area contributed by atoms with E-state index in [2.05, 4.69) is 35.2 Å². The zero-order valence-corrected chi connectivity index (χ0v) is 10.5. The van der Waals surface area contributed by atoms with Crippen molar-refractivity contribution in [3.63, 3.8) is 0 Å². The Bertz CT molecular complexity index is 338. The van der Waals surface area contributed by atoms with Gasteiger partial charge in [0.1, 0.15) is 0 Å². The van der Waals surface area contributed by atoms with E-state index in [9.17, 15) is 0 Å². The molecule has 0 amide bonds. The summed E-state index contributed by atoms with van der Waals surface area (Å²) in [6, 6.07) is 11.7. The van der Waals surface area contributed by atoms with Gasteiger partial charge in [-0.1, -0.05) is 18.2 Å². The van der Waals surface area contributed by atoms with Crippen molar-refractivity contribution in [2.24, 2.45) is 5.92 Å². The lowest BCUT2D eigenvalue weighted by Gasteiger charge is -2.26. The van der Waals surface area contributed by atoms with Gasteiger partial charge in [-0.05, 0) is 37.3 Å². The van der Waals surface area contributed by atoms with Crippen LogP contribution in [-0.2, 0) is 0 Å². The van der Waals surface area contributed by atoms with Gasteiger partial charge in [0.05, 0.1) is 0 Å². The number of benzene rings is 1. The largest absolute Gasteiger partial charge is 0.299 e. The van der Waals surface area contributed by atoms with Crippen LogP contribution in [0.1, 0.15) is 19.3 Å². The lowest BCUT2D eigenvalue weighted by atomic mass is 10.1. The van der Waals surface area contributed by atoms with Crippen LogP contribution in [0.4, 0.5) is 0 Å². The van der Waals surface area contributed by atoms with Gasteiger partial charge in [-0.25, -0.2) is 0 Å². The molecular formula is C14H19NS.